The number of nitrogens with two attached hydrogens (primary N) is 1. The molecule has 256 valence electrons. The summed E-state index contributed by atoms with van der Waals surface area (Å²) < 4.78 is 5.54. The van der Waals surface area contributed by atoms with E-state index in [9.17, 15) is 34.1 Å². The van der Waals surface area contributed by atoms with Gasteiger partial charge in [-0.25, -0.2) is 4.79 Å². The van der Waals surface area contributed by atoms with Crippen molar-refractivity contribution < 1.29 is 33.6 Å². The van der Waals surface area contributed by atoms with Gasteiger partial charge in [-0.15, -0.1) is 0 Å². The van der Waals surface area contributed by atoms with E-state index >= 15 is 0 Å². The summed E-state index contributed by atoms with van der Waals surface area (Å²) in [6.07, 6.45) is -0.541. The van der Waals surface area contributed by atoms with Crippen molar-refractivity contribution in [3.05, 3.63) is 93.0 Å². The van der Waals surface area contributed by atoms with E-state index in [1.807, 2.05) is 48.5 Å². The quantitative estimate of drug-likeness (QED) is 0.176. The van der Waals surface area contributed by atoms with Crippen molar-refractivity contribution in [2.75, 3.05) is 18.1 Å². The minimum Gasteiger partial charge on any atom is -0.449 e. The van der Waals surface area contributed by atoms with E-state index in [1.165, 1.54) is 24.8 Å². The van der Waals surface area contributed by atoms with Gasteiger partial charge in [0.2, 0.25) is 23.6 Å². The topological polar surface area (TPSA) is 203 Å². The van der Waals surface area contributed by atoms with Crippen LogP contribution in [-0.2, 0) is 25.5 Å². The normalized spacial score (nSPS) is 14.9. The molecule has 3 aromatic rings. The zero-order valence-electron chi connectivity index (χ0n) is 27.5. The average Bonchev–Trinajstić information content (AvgIpc) is 3.64. The Morgan fingerprint density at radius 3 is 2.08 bits per heavy atom. The Bertz CT molecular complexity index is 1800. The number of carbonyl (C=O) groups is 5. The third-order valence-electron chi connectivity index (χ3n) is 8.84. The van der Waals surface area contributed by atoms with Crippen LogP contribution in [0.5, 0.6) is 0 Å². The van der Waals surface area contributed by atoms with Crippen LogP contribution in [0.3, 0.4) is 0 Å². The molecule has 5 amide bonds. The molecule has 49 heavy (non-hydrogen) atoms. The summed E-state index contributed by atoms with van der Waals surface area (Å²) >= 11 is 0. The summed E-state index contributed by atoms with van der Waals surface area (Å²) in [6, 6.07) is 15.0. The second-order valence-corrected chi connectivity index (χ2v) is 12.5. The van der Waals surface area contributed by atoms with Gasteiger partial charge in [0, 0.05) is 24.1 Å². The molecule has 3 aromatic carbocycles. The van der Waals surface area contributed by atoms with Gasteiger partial charge in [0.25, 0.3) is 5.69 Å². The first kappa shape index (κ1) is 34.5. The molecule has 0 saturated carbocycles. The van der Waals surface area contributed by atoms with E-state index < -0.39 is 64.4 Å². The maximum atomic E-state index is 13.4. The van der Waals surface area contributed by atoms with E-state index in [0.29, 0.717) is 5.56 Å². The molecule has 0 saturated heterocycles. The molecular formula is C35H38N6O8. The number of rotatable bonds is 11. The lowest BCUT2D eigenvalue weighted by molar-refractivity contribution is -0.384. The Kier molecular flexibility index (Phi) is 9.97. The van der Waals surface area contributed by atoms with Gasteiger partial charge in [0.15, 0.2) is 0 Å². The largest absolute Gasteiger partial charge is 0.449 e. The molecule has 1 aliphatic carbocycles. The molecule has 1 heterocycles. The van der Waals surface area contributed by atoms with Crippen LogP contribution in [0.25, 0.3) is 11.1 Å². The lowest BCUT2D eigenvalue weighted by Crippen LogP contribution is -2.57. The molecule has 0 radical (unpaired) electrons. The lowest BCUT2D eigenvalue weighted by atomic mass is 9.98. The minimum absolute atomic E-state index is 0.0426. The van der Waals surface area contributed by atoms with Crippen LogP contribution in [0.4, 0.5) is 16.2 Å². The monoisotopic (exact) mass is 670 g/mol. The predicted molar refractivity (Wildman–Crippen MR) is 180 cm³/mol. The zero-order valence-corrected chi connectivity index (χ0v) is 27.5. The highest BCUT2D eigenvalue weighted by Crippen LogP contribution is 2.44. The van der Waals surface area contributed by atoms with Crippen LogP contribution in [-0.4, -0.2) is 65.9 Å². The average molecular weight is 671 g/mol. The predicted octanol–water partition coefficient (Wildman–Crippen LogP) is 3.16. The minimum atomic E-state index is -1.12. The van der Waals surface area contributed by atoms with Gasteiger partial charge in [-0.2, -0.15) is 0 Å². The number of benzene rings is 3. The zero-order chi connectivity index (χ0) is 35.6. The van der Waals surface area contributed by atoms with Crippen molar-refractivity contribution in [3.63, 3.8) is 0 Å². The molecule has 0 spiro atoms. The van der Waals surface area contributed by atoms with Crippen LogP contribution >= 0.6 is 0 Å². The van der Waals surface area contributed by atoms with Crippen LogP contribution in [0, 0.1) is 16.0 Å². The van der Waals surface area contributed by atoms with Crippen molar-refractivity contribution in [2.45, 2.75) is 58.2 Å². The number of amides is 5. The van der Waals surface area contributed by atoms with Gasteiger partial charge in [-0.3, -0.25) is 29.3 Å². The SMILES string of the molecule is CC(C)[C@H](NC(=O)[C@H](C)NC(=O)OCC1c2ccccc2-c2ccccc21)C(=O)N[C@@H](C)C(=O)N1CCc2cc(C(N)=O)cc([N+](=O)[O-])c21. The number of anilines is 1. The molecular weight excluding hydrogens is 632 g/mol. The van der Waals surface area contributed by atoms with Gasteiger partial charge in [0.05, 0.1) is 4.92 Å². The summed E-state index contributed by atoms with van der Waals surface area (Å²) in [5.41, 5.74) is 9.56. The van der Waals surface area contributed by atoms with Crippen LogP contribution in [0.15, 0.2) is 60.7 Å². The molecule has 14 nitrogen and oxygen atoms in total. The number of ether oxygens (including phenoxy) is 1. The summed E-state index contributed by atoms with van der Waals surface area (Å²) in [4.78, 5) is 76.6. The summed E-state index contributed by atoms with van der Waals surface area (Å²) in [5, 5.41) is 19.5. The van der Waals surface area contributed by atoms with Gasteiger partial charge in [0.1, 0.15) is 30.4 Å². The first-order valence-corrected chi connectivity index (χ1v) is 15.9. The van der Waals surface area contributed by atoms with Gasteiger partial charge < -0.3 is 31.3 Å². The molecule has 1 aliphatic heterocycles. The highest BCUT2D eigenvalue weighted by atomic mass is 16.6. The summed E-state index contributed by atoms with van der Waals surface area (Å²) in [6.45, 7) is 6.46. The van der Waals surface area contributed by atoms with E-state index in [4.69, 9.17) is 10.5 Å². The Hall–Kier alpha value is -5.79. The Labute approximate surface area is 282 Å². The van der Waals surface area contributed by atoms with E-state index in [1.54, 1.807) is 13.8 Å². The third-order valence-corrected chi connectivity index (χ3v) is 8.84. The number of fused-ring (bicyclic) bond motifs is 4. The fourth-order valence-corrected chi connectivity index (χ4v) is 6.32. The number of nitrogens with zero attached hydrogens (tertiary/aromatic N) is 2. The maximum absolute atomic E-state index is 13.4. The first-order valence-electron chi connectivity index (χ1n) is 15.9. The van der Waals surface area contributed by atoms with Crippen LogP contribution in [0.1, 0.15) is 60.7 Å². The molecule has 0 unspecified atom stereocenters. The molecule has 5 N–H and O–H groups in total. The van der Waals surface area contributed by atoms with Gasteiger partial charge in [-0.05, 0) is 60.1 Å². The number of hydrogen-bond donors (Lipinski definition) is 4. The van der Waals surface area contributed by atoms with Crippen LogP contribution in [0.2, 0.25) is 0 Å². The fourth-order valence-electron chi connectivity index (χ4n) is 6.32. The number of nitrogens with one attached hydrogen (secondary N) is 3. The molecule has 0 aromatic heterocycles. The highest BCUT2D eigenvalue weighted by Gasteiger charge is 2.37. The number of alkyl carbamates (subject to hydrolysis) is 1. The van der Waals surface area contributed by atoms with E-state index in [-0.39, 0.29) is 36.7 Å². The first-order chi connectivity index (χ1) is 23.3. The fraction of sp³-hybridized carbons (Fsp3) is 0.343. The number of hydrogen-bond acceptors (Lipinski definition) is 8. The van der Waals surface area contributed by atoms with Crippen molar-refractivity contribution in [1.29, 1.82) is 0 Å². The maximum Gasteiger partial charge on any atom is 0.407 e. The number of carbonyl (C=O) groups excluding carboxylic acids is 5. The second-order valence-electron chi connectivity index (χ2n) is 12.5. The van der Waals surface area contributed by atoms with Crippen LogP contribution < -0.4 is 26.6 Å². The Balaban J connectivity index is 1.17. The molecule has 14 heteroatoms. The van der Waals surface area contributed by atoms with Crippen molar-refractivity contribution in [1.82, 2.24) is 16.0 Å². The number of primary amides is 1. The molecule has 3 atom stereocenters. The third kappa shape index (κ3) is 7.08. The Morgan fingerprint density at radius 2 is 1.51 bits per heavy atom. The van der Waals surface area contributed by atoms with E-state index in [0.717, 1.165) is 28.3 Å². The standard InChI is InChI=1S/C35H38N6O8/c1-18(2)29(33(44)37-20(4)34(45)40-14-13-21-15-22(31(36)42)16-28(30(21)40)41(47)48)39-32(43)19(3)38-35(46)49-17-27-25-11-7-5-9-23(25)24-10-6-8-12-26(24)27/h5-12,15-16,18-20,27,29H,13-14,17H2,1-4H3,(H2,36,42)(H,37,44)(H,38,46)(H,39,43)/t19-,20-,29-/m0/s1. The van der Waals surface area contributed by atoms with Crippen molar-refractivity contribution in [3.8, 4) is 11.1 Å². The van der Waals surface area contributed by atoms with E-state index in [2.05, 4.69) is 16.0 Å². The molecule has 2 aliphatic rings. The summed E-state index contributed by atoms with van der Waals surface area (Å²) in [7, 11) is 0. The van der Waals surface area contributed by atoms with Crippen molar-refractivity contribution >= 4 is 41.1 Å². The Morgan fingerprint density at radius 1 is 0.898 bits per heavy atom. The molecule has 0 fully saturated rings. The second kappa shape index (κ2) is 14.1. The molecule has 0 bridgehead atoms. The smallest absolute Gasteiger partial charge is 0.407 e. The molecule has 5 rings (SSSR count). The van der Waals surface area contributed by atoms with Gasteiger partial charge in [-0.1, -0.05) is 62.4 Å². The number of nitro groups is 1. The van der Waals surface area contributed by atoms with Gasteiger partial charge >= 0.3 is 6.09 Å². The van der Waals surface area contributed by atoms with Crippen molar-refractivity contribution in [2.24, 2.45) is 11.7 Å². The summed E-state index contributed by atoms with van der Waals surface area (Å²) in [5.74, 6) is -3.31. The lowest BCUT2D eigenvalue weighted by Gasteiger charge is -2.27. The number of nitro benzene ring substituents is 1. The highest BCUT2D eigenvalue weighted by molar-refractivity contribution is 6.04.